The zero-order valence-electron chi connectivity index (χ0n) is 13.8. The summed E-state index contributed by atoms with van der Waals surface area (Å²) < 4.78 is 0. The Morgan fingerprint density at radius 2 is 2.04 bits per heavy atom. The van der Waals surface area contributed by atoms with E-state index in [0.29, 0.717) is 13.1 Å². The van der Waals surface area contributed by atoms with Crippen molar-refractivity contribution < 1.29 is 9.59 Å². The van der Waals surface area contributed by atoms with Crippen LogP contribution in [0.15, 0.2) is 41.8 Å². The Kier molecular flexibility index (Phi) is 4.97. The number of nitrogens with one attached hydrogen (secondary N) is 2. The minimum atomic E-state index is -0.456. The molecule has 1 fully saturated rings. The van der Waals surface area contributed by atoms with Crippen molar-refractivity contribution in [3.63, 3.8) is 0 Å². The molecule has 2 heterocycles. The Balaban J connectivity index is 1.80. The molecule has 1 aromatic carbocycles. The largest absolute Gasteiger partial charge is 0.336 e. The molecule has 126 valence electrons. The maximum atomic E-state index is 12.6. The van der Waals surface area contributed by atoms with Crippen LogP contribution in [0.25, 0.3) is 0 Å². The fourth-order valence-electron chi connectivity index (χ4n) is 2.79. The van der Waals surface area contributed by atoms with E-state index in [1.54, 1.807) is 11.3 Å². The Morgan fingerprint density at radius 1 is 1.29 bits per heavy atom. The molecule has 5 nitrogen and oxygen atoms in total. The van der Waals surface area contributed by atoms with E-state index in [1.807, 2.05) is 18.4 Å². The summed E-state index contributed by atoms with van der Waals surface area (Å²) in [6.45, 7) is 4.81. The predicted molar refractivity (Wildman–Crippen MR) is 95.1 cm³/mol. The van der Waals surface area contributed by atoms with E-state index in [-0.39, 0.29) is 18.0 Å². The van der Waals surface area contributed by atoms with Crippen molar-refractivity contribution in [2.24, 2.45) is 0 Å². The number of hydrogen-bond acceptors (Lipinski definition) is 4. The lowest BCUT2D eigenvalue weighted by Gasteiger charge is -2.25. The number of rotatable bonds is 5. The molecule has 0 saturated carbocycles. The van der Waals surface area contributed by atoms with Gasteiger partial charge in [0, 0.05) is 18.0 Å². The Bertz CT molecular complexity index is 712. The van der Waals surface area contributed by atoms with Crippen LogP contribution in [0.3, 0.4) is 0 Å². The lowest BCUT2D eigenvalue weighted by atomic mass is 10.0. The number of thiophene rings is 1. The number of amides is 3. The molecule has 1 aliphatic heterocycles. The lowest BCUT2D eigenvalue weighted by molar-refractivity contribution is -0.129. The number of nitrogens with zero attached hydrogens (tertiary/aromatic N) is 1. The van der Waals surface area contributed by atoms with Crippen LogP contribution in [0.4, 0.5) is 4.79 Å². The van der Waals surface area contributed by atoms with Crippen LogP contribution in [0.5, 0.6) is 0 Å². The van der Waals surface area contributed by atoms with E-state index >= 15 is 0 Å². The van der Waals surface area contributed by atoms with E-state index < -0.39 is 6.04 Å². The van der Waals surface area contributed by atoms with Crippen LogP contribution in [-0.4, -0.2) is 36.0 Å². The summed E-state index contributed by atoms with van der Waals surface area (Å²) in [5, 5.41) is 8.08. The molecule has 2 atom stereocenters. The van der Waals surface area contributed by atoms with Gasteiger partial charge in [-0.1, -0.05) is 35.9 Å². The lowest BCUT2D eigenvalue weighted by Crippen LogP contribution is -2.47. The smallest absolute Gasteiger partial charge is 0.324 e. The third-order valence-electron chi connectivity index (χ3n) is 4.15. The van der Waals surface area contributed by atoms with Gasteiger partial charge in [0.25, 0.3) is 0 Å². The molecule has 0 radical (unpaired) electrons. The fourth-order valence-corrected chi connectivity index (χ4v) is 3.61. The standard InChI is InChI=1S/C18H21N3O2S/c1-12-5-7-14(8-6-12)16(15-4-3-11-24-15)20-13(2)17(22)21-10-9-19-18(21)23/h3-8,11,13,16,20H,9-10H2,1-2H3,(H,19,23)/t13-,16-/m0/s1. The van der Waals surface area contributed by atoms with Crippen molar-refractivity contribution in [3.05, 3.63) is 57.8 Å². The minimum Gasteiger partial charge on any atom is -0.336 e. The van der Waals surface area contributed by atoms with Gasteiger partial charge < -0.3 is 5.32 Å². The molecular formula is C18H21N3O2S. The average molecular weight is 343 g/mol. The molecular weight excluding hydrogens is 322 g/mol. The molecule has 3 rings (SSSR count). The van der Waals surface area contributed by atoms with E-state index in [0.717, 1.165) is 10.4 Å². The van der Waals surface area contributed by atoms with E-state index in [4.69, 9.17) is 0 Å². The van der Waals surface area contributed by atoms with Gasteiger partial charge in [-0.3, -0.25) is 15.0 Å². The Labute approximate surface area is 145 Å². The third kappa shape index (κ3) is 3.49. The van der Waals surface area contributed by atoms with Gasteiger partial charge in [0.2, 0.25) is 5.91 Å². The number of urea groups is 1. The molecule has 1 aromatic heterocycles. The Morgan fingerprint density at radius 3 is 2.62 bits per heavy atom. The van der Waals surface area contributed by atoms with Gasteiger partial charge in [-0.2, -0.15) is 0 Å². The summed E-state index contributed by atoms with van der Waals surface area (Å²) in [5.74, 6) is -0.196. The second kappa shape index (κ2) is 7.15. The van der Waals surface area contributed by atoms with Gasteiger partial charge >= 0.3 is 6.03 Å². The van der Waals surface area contributed by atoms with Crippen molar-refractivity contribution in [2.75, 3.05) is 13.1 Å². The quantitative estimate of drug-likeness (QED) is 0.877. The second-order valence-electron chi connectivity index (χ2n) is 5.97. The van der Waals surface area contributed by atoms with E-state index in [2.05, 4.69) is 47.9 Å². The van der Waals surface area contributed by atoms with Crippen LogP contribution in [-0.2, 0) is 4.79 Å². The van der Waals surface area contributed by atoms with Crippen molar-refractivity contribution in [1.29, 1.82) is 0 Å². The molecule has 0 spiro atoms. The van der Waals surface area contributed by atoms with Crippen LogP contribution < -0.4 is 10.6 Å². The monoisotopic (exact) mass is 343 g/mol. The molecule has 3 amide bonds. The molecule has 2 N–H and O–H groups in total. The molecule has 24 heavy (non-hydrogen) atoms. The first kappa shape index (κ1) is 16.7. The molecule has 6 heteroatoms. The predicted octanol–water partition coefficient (Wildman–Crippen LogP) is 2.68. The number of hydrogen-bond donors (Lipinski definition) is 2. The Hall–Kier alpha value is -2.18. The average Bonchev–Trinajstić information content (AvgIpc) is 3.24. The first-order valence-corrected chi connectivity index (χ1v) is 8.89. The summed E-state index contributed by atoms with van der Waals surface area (Å²) in [7, 11) is 0. The van der Waals surface area contributed by atoms with E-state index in [9.17, 15) is 9.59 Å². The first-order chi connectivity index (χ1) is 11.6. The van der Waals surface area contributed by atoms with Gasteiger partial charge in [-0.05, 0) is 30.9 Å². The van der Waals surface area contributed by atoms with Crippen molar-refractivity contribution in [1.82, 2.24) is 15.5 Å². The summed E-state index contributed by atoms with van der Waals surface area (Å²) in [5.41, 5.74) is 2.30. The van der Waals surface area contributed by atoms with Crippen LogP contribution >= 0.6 is 11.3 Å². The highest BCUT2D eigenvalue weighted by atomic mass is 32.1. The molecule has 1 aliphatic rings. The second-order valence-corrected chi connectivity index (χ2v) is 6.95. The number of aryl methyl sites for hydroxylation is 1. The number of benzene rings is 1. The highest BCUT2D eigenvalue weighted by Gasteiger charge is 2.31. The molecule has 0 bridgehead atoms. The molecule has 0 unspecified atom stereocenters. The van der Waals surface area contributed by atoms with Gasteiger partial charge in [0.05, 0.1) is 12.1 Å². The zero-order chi connectivity index (χ0) is 17.1. The van der Waals surface area contributed by atoms with Gasteiger partial charge in [0.15, 0.2) is 0 Å². The highest BCUT2D eigenvalue weighted by Crippen LogP contribution is 2.27. The van der Waals surface area contributed by atoms with Crippen molar-refractivity contribution in [3.8, 4) is 0 Å². The fraction of sp³-hybridized carbons (Fsp3) is 0.333. The molecule has 0 aliphatic carbocycles. The van der Waals surface area contributed by atoms with Crippen LogP contribution in [0, 0.1) is 6.92 Å². The van der Waals surface area contributed by atoms with Crippen molar-refractivity contribution in [2.45, 2.75) is 25.9 Å². The maximum Gasteiger partial charge on any atom is 0.324 e. The number of carbonyl (C=O) groups excluding carboxylic acids is 2. The third-order valence-corrected chi connectivity index (χ3v) is 5.09. The maximum absolute atomic E-state index is 12.6. The summed E-state index contributed by atoms with van der Waals surface area (Å²) in [6, 6.07) is 11.5. The highest BCUT2D eigenvalue weighted by molar-refractivity contribution is 7.10. The van der Waals surface area contributed by atoms with Crippen molar-refractivity contribution >= 4 is 23.3 Å². The SMILES string of the molecule is Cc1ccc([C@H](N[C@@H](C)C(=O)N2CCNC2=O)c2cccs2)cc1. The van der Waals surface area contributed by atoms with Crippen LogP contribution in [0.1, 0.15) is 29.0 Å². The van der Waals surface area contributed by atoms with Gasteiger partial charge in [0.1, 0.15) is 0 Å². The first-order valence-electron chi connectivity index (χ1n) is 8.01. The van der Waals surface area contributed by atoms with Crippen LogP contribution in [0.2, 0.25) is 0 Å². The summed E-state index contributed by atoms with van der Waals surface area (Å²) in [4.78, 5) is 26.7. The zero-order valence-corrected chi connectivity index (χ0v) is 14.6. The molecule has 2 aromatic rings. The van der Waals surface area contributed by atoms with Gasteiger partial charge in [-0.25, -0.2) is 4.79 Å². The minimum absolute atomic E-state index is 0.0739. The number of carbonyl (C=O) groups is 2. The molecule has 1 saturated heterocycles. The van der Waals surface area contributed by atoms with E-state index in [1.165, 1.54) is 10.5 Å². The van der Waals surface area contributed by atoms with Gasteiger partial charge in [-0.15, -0.1) is 11.3 Å². The number of imide groups is 1. The summed E-state index contributed by atoms with van der Waals surface area (Å²) >= 11 is 1.65. The normalized spacial score (nSPS) is 16.8. The summed E-state index contributed by atoms with van der Waals surface area (Å²) in [6.07, 6.45) is 0. The topological polar surface area (TPSA) is 61.4 Å².